The van der Waals surface area contributed by atoms with Crippen molar-refractivity contribution in [3.63, 3.8) is 0 Å². The van der Waals surface area contributed by atoms with Crippen LogP contribution in [0.3, 0.4) is 0 Å². The number of benzene rings is 1. The van der Waals surface area contributed by atoms with Crippen molar-refractivity contribution in [2.45, 2.75) is 19.0 Å². The maximum Gasteiger partial charge on any atom is 0.234 e. The maximum absolute atomic E-state index is 12.1. The molecular weight excluding hydrogens is 370 g/mol. The number of carbonyl (C=O) groups is 2. The number of aryl methyl sites for hydroxylation is 1. The topological polar surface area (TPSA) is 128 Å². The van der Waals surface area contributed by atoms with Crippen LogP contribution in [0.25, 0.3) is 11.5 Å². The van der Waals surface area contributed by atoms with Gasteiger partial charge in [0.05, 0.1) is 5.75 Å². The maximum atomic E-state index is 12.1. The first-order chi connectivity index (χ1) is 12.9. The zero-order chi connectivity index (χ0) is 19.4. The fourth-order valence-corrected chi connectivity index (χ4v) is 2.99. The smallest absolute Gasteiger partial charge is 0.234 e. The van der Waals surface area contributed by atoms with Gasteiger partial charge in [0.25, 0.3) is 0 Å². The van der Waals surface area contributed by atoms with Crippen LogP contribution in [-0.4, -0.2) is 42.6 Å². The molecule has 0 radical (unpaired) electrons. The van der Waals surface area contributed by atoms with Crippen molar-refractivity contribution in [1.82, 2.24) is 25.1 Å². The molecule has 0 aliphatic heterocycles. The SMILES string of the molecule is CC(=O)Nc1nonc1-c1nnc(SCC(=O)Nc2cccc(C)c2)n1C. The van der Waals surface area contributed by atoms with Crippen molar-refractivity contribution in [2.75, 3.05) is 16.4 Å². The third kappa shape index (κ3) is 4.50. The van der Waals surface area contributed by atoms with E-state index < -0.39 is 0 Å². The van der Waals surface area contributed by atoms with Gasteiger partial charge in [-0.1, -0.05) is 23.9 Å². The minimum atomic E-state index is -0.309. The Morgan fingerprint density at radius 1 is 1.22 bits per heavy atom. The van der Waals surface area contributed by atoms with E-state index in [1.807, 2.05) is 31.2 Å². The summed E-state index contributed by atoms with van der Waals surface area (Å²) < 4.78 is 6.32. The fourth-order valence-electron chi connectivity index (χ4n) is 2.28. The summed E-state index contributed by atoms with van der Waals surface area (Å²) in [4.78, 5) is 23.4. The van der Waals surface area contributed by atoms with Crippen molar-refractivity contribution in [3.8, 4) is 11.5 Å². The third-order valence-corrected chi connectivity index (χ3v) is 4.48. The van der Waals surface area contributed by atoms with Crippen molar-refractivity contribution < 1.29 is 14.2 Å². The van der Waals surface area contributed by atoms with Crippen molar-refractivity contribution in [1.29, 1.82) is 0 Å². The second-order valence-corrected chi connectivity index (χ2v) is 6.66. The summed E-state index contributed by atoms with van der Waals surface area (Å²) >= 11 is 1.23. The van der Waals surface area contributed by atoms with Crippen LogP contribution in [0.1, 0.15) is 12.5 Å². The van der Waals surface area contributed by atoms with Gasteiger partial charge in [0.15, 0.2) is 16.7 Å². The molecule has 2 N–H and O–H groups in total. The number of hydrogen-bond donors (Lipinski definition) is 2. The minimum Gasteiger partial charge on any atom is -0.325 e. The second kappa shape index (κ2) is 7.99. The molecule has 10 nitrogen and oxygen atoms in total. The van der Waals surface area contributed by atoms with Gasteiger partial charge in [-0.25, -0.2) is 4.63 Å². The fraction of sp³-hybridized carbons (Fsp3) is 0.250. The molecule has 0 saturated carbocycles. The number of hydrogen-bond acceptors (Lipinski definition) is 8. The molecule has 0 aliphatic rings. The highest BCUT2D eigenvalue weighted by atomic mass is 32.2. The van der Waals surface area contributed by atoms with Gasteiger partial charge in [0, 0.05) is 19.7 Å². The predicted molar refractivity (Wildman–Crippen MR) is 99.1 cm³/mol. The highest BCUT2D eigenvalue weighted by molar-refractivity contribution is 7.99. The lowest BCUT2D eigenvalue weighted by molar-refractivity contribution is -0.114. The Hall–Kier alpha value is -3.21. The monoisotopic (exact) mass is 387 g/mol. The van der Waals surface area contributed by atoms with Crippen LogP contribution in [0.2, 0.25) is 0 Å². The predicted octanol–water partition coefficient (Wildman–Crippen LogP) is 1.86. The summed E-state index contributed by atoms with van der Waals surface area (Å²) in [6.07, 6.45) is 0. The molecule has 3 rings (SSSR count). The molecule has 0 fully saturated rings. The second-order valence-electron chi connectivity index (χ2n) is 5.71. The summed E-state index contributed by atoms with van der Waals surface area (Å²) in [6, 6.07) is 7.56. The van der Waals surface area contributed by atoms with Crippen LogP contribution < -0.4 is 10.6 Å². The number of carbonyl (C=O) groups excluding carboxylic acids is 2. The Kier molecular flexibility index (Phi) is 5.50. The van der Waals surface area contributed by atoms with Gasteiger partial charge in [-0.2, -0.15) is 0 Å². The molecule has 0 atom stereocenters. The van der Waals surface area contributed by atoms with Gasteiger partial charge < -0.3 is 15.2 Å². The van der Waals surface area contributed by atoms with Crippen LogP contribution in [0.4, 0.5) is 11.5 Å². The average Bonchev–Trinajstić information content (AvgIpc) is 3.19. The molecule has 0 saturated heterocycles. The zero-order valence-electron chi connectivity index (χ0n) is 14.9. The highest BCUT2D eigenvalue weighted by Crippen LogP contribution is 2.26. The number of amides is 2. The third-order valence-electron chi connectivity index (χ3n) is 3.46. The molecule has 3 aromatic rings. The Balaban J connectivity index is 1.66. The Bertz CT molecular complexity index is 982. The highest BCUT2D eigenvalue weighted by Gasteiger charge is 2.21. The van der Waals surface area contributed by atoms with E-state index in [0.29, 0.717) is 11.0 Å². The molecule has 0 aliphatic carbocycles. The van der Waals surface area contributed by atoms with E-state index >= 15 is 0 Å². The van der Waals surface area contributed by atoms with E-state index in [-0.39, 0.29) is 29.1 Å². The molecule has 11 heteroatoms. The molecule has 0 bridgehead atoms. The standard InChI is InChI=1S/C16H17N7O3S/c1-9-5-4-6-11(7-9)18-12(25)8-27-16-20-19-15(23(16)3)13-14(17-10(2)24)22-26-21-13/h4-7H,8H2,1-3H3,(H,18,25)(H,17,22,24). The summed E-state index contributed by atoms with van der Waals surface area (Å²) in [7, 11) is 1.72. The first-order valence-electron chi connectivity index (χ1n) is 7.93. The van der Waals surface area contributed by atoms with Gasteiger partial charge in [-0.3, -0.25) is 9.59 Å². The quantitative estimate of drug-likeness (QED) is 0.614. The van der Waals surface area contributed by atoms with E-state index in [0.717, 1.165) is 11.3 Å². The minimum absolute atomic E-state index is 0.155. The van der Waals surface area contributed by atoms with Crippen molar-refractivity contribution >= 4 is 35.1 Å². The van der Waals surface area contributed by atoms with Gasteiger partial charge in [0.2, 0.25) is 17.6 Å². The van der Waals surface area contributed by atoms with Gasteiger partial charge in [-0.05, 0) is 34.9 Å². The largest absolute Gasteiger partial charge is 0.325 e. The van der Waals surface area contributed by atoms with Gasteiger partial charge in [-0.15, -0.1) is 10.2 Å². The van der Waals surface area contributed by atoms with Gasteiger partial charge in [0.1, 0.15) is 0 Å². The van der Waals surface area contributed by atoms with E-state index in [4.69, 9.17) is 0 Å². The average molecular weight is 387 g/mol. The molecule has 2 aromatic heterocycles. The Labute approximate surface area is 158 Å². The van der Waals surface area contributed by atoms with Crippen LogP contribution in [0.5, 0.6) is 0 Å². The molecule has 0 spiro atoms. The lowest BCUT2D eigenvalue weighted by Gasteiger charge is -2.06. The molecule has 140 valence electrons. The van der Waals surface area contributed by atoms with Crippen LogP contribution in [0.15, 0.2) is 34.1 Å². The summed E-state index contributed by atoms with van der Waals surface area (Å²) in [6.45, 7) is 3.31. The van der Waals surface area contributed by atoms with E-state index in [2.05, 4.69) is 35.8 Å². The first-order valence-corrected chi connectivity index (χ1v) is 8.92. The zero-order valence-corrected chi connectivity index (χ0v) is 15.7. The lowest BCUT2D eigenvalue weighted by Crippen LogP contribution is -2.14. The number of nitrogens with zero attached hydrogens (tertiary/aromatic N) is 5. The number of rotatable bonds is 6. The first kappa shape index (κ1) is 18.6. The van der Waals surface area contributed by atoms with E-state index in [1.54, 1.807) is 11.6 Å². The normalized spacial score (nSPS) is 10.6. The summed E-state index contributed by atoms with van der Waals surface area (Å²) in [5, 5.41) is 21.4. The van der Waals surface area contributed by atoms with Crippen LogP contribution >= 0.6 is 11.8 Å². The molecular formula is C16H17N7O3S. The van der Waals surface area contributed by atoms with Crippen molar-refractivity contribution in [3.05, 3.63) is 29.8 Å². The number of thioether (sulfide) groups is 1. The molecule has 0 unspecified atom stereocenters. The van der Waals surface area contributed by atoms with Crippen molar-refractivity contribution in [2.24, 2.45) is 7.05 Å². The molecule has 27 heavy (non-hydrogen) atoms. The van der Waals surface area contributed by atoms with Crippen LogP contribution in [0, 0.1) is 6.92 Å². The lowest BCUT2D eigenvalue weighted by atomic mass is 10.2. The summed E-state index contributed by atoms with van der Waals surface area (Å²) in [5.74, 6) is 0.220. The van der Waals surface area contributed by atoms with Gasteiger partial charge >= 0.3 is 0 Å². The molecule has 2 heterocycles. The van der Waals surface area contributed by atoms with E-state index in [1.165, 1.54) is 18.7 Å². The molecule has 2 amide bonds. The Morgan fingerprint density at radius 3 is 2.78 bits per heavy atom. The van der Waals surface area contributed by atoms with Crippen LogP contribution in [-0.2, 0) is 16.6 Å². The Morgan fingerprint density at radius 2 is 2.04 bits per heavy atom. The number of anilines is 2. The van der Waals surface area contributed by atoms with E-state index in [9.17, 15) is 9.59 Å². The number of nitrogens with one attached hydrogen (secondary N) is 2. The number of aromatic nitrogens is 5. The summed E-state index contributed by atoms with van der Waals surface area (Å²) in [5.41, 5.74) is 2.07. The molecule has 1 aromatic carbocycles.